The van der Waals surface area contributed by atoms with Gasteiger partial charge in [-0.1, -0.05) is 0 Å². The van der Waals surface area contributed by atoms with Crippen LogP contribution in [0.25, 0.3) is 10.6 Å². The number of aromatic nitrogens is 2. The van der Waals surface area contributed by atoms with Crippen molar-refractivity contribution in [2.75, 3.05) is 0 Å². The summed E-state index contributed by atoms with van der Waals surface area (Å²) in [6.07, 6.45) is 3.72. The van der Waals surface area contributed by atoms with E-state index >= 15 is 0 Å². The van der Waals surface area contributed by atoms with E-state index in [0.29, 0.717) is 5.88 Å². The molecule has 0 aliphatic carbocycles. The third kappa shape index (κ3) is 2.53. The van der Waals surface area contributed by atoms with E-state index in [1.54, 1.807) is 23.7 Å². The standard InChI is InChI=1S/C11H12N2OS/c1-8(2)14-10-7-15-11(13-10)9-4-3-5-12-6-9/h3-8H,1-2H3. The summed E-state index contributed by atoms with van der Waals surface area (Å²) in [5, 5.41) is 2.86. The van der Waals surface area contributed by atoms with Crippen LogP contribution in [0.1, 0.15) is 13.8 Å². The molecule has 2 rings (SSSR count). The zero-order valence-electron chi connectivity index (χ0n) is 8.68. The molecule has 0 spiro atoms. The summed E-state index contributed by atoms with van der Waals surface area (Å²) in [5.41, 5.74) is 1.03. The first-order chi connectivity index (χ1) is 7.25. The second kappa shape index (κ2) is 4.40. The van der Waals surface area contributed by atoms with Crippen LogP contribution >= 0.6 is 11.3 Å². The highest BCUT2D eigenvalue weighted by Gasteiger charge is 2.06. The number of nitrogens with zero attached hydrogens (tertiary/aromatic N) is 2. The van der Waals surface area contributed by atoms with Gasteiger partial charge in [-0.3, -0.25) is 4.98 Å². The summed E-state index contributed by atoms with van der Waals surface area (Å²) in [6, 6.07) is 3.89. The number of ether oxygens (including phenoxy) is 1. The summed E-state index contributed by atoms with van der Waals surface area (Å²) in [5.74, 6) is 0.689. The molecule has 4 heteroatoms. The first-order valence-electron chi connectivity index (χ1n) is 4.78. The summed E-state index contributed by atoms with van der Waals surface area (Å²) in [4.78, 5) is 8.43. The predicted molar refractivity (Wildman–Crippen MR) is 61.1 cm³/mol. The van der Waals surface area contributed by atoms with Gasteiger partial charge in [0.1, 0.15) is 5.01 Å². The minimum atomic E-state index is 0.161. The molecule has 2 aromatic heterocycles. The van der Waals surface area contributed by atoms with Crippen LogP contribution < -0.4 is 4.74 Å². The van der Waals surface area contributed by atoms with E-state index in [-0.39, 0.29) is 6.10 Å². The van der Waals surface area contributed by atoms with Gasteiger partial charge in [-0.15, -0.1) is 11.3 Å². The van der Waals surface area contributed by atoms with Crippen LogP contribution in [-0.2, 0) is 0 Å². The molecule has 0 atom stereocenters. The van der Waals surface area contributed by atoms with E-state index < -0.39 is 0 Å². The molecular weight excluding hydrogens is 208 g/mol. The van der Waals surface area contributed by atoms with E-state index in [4.69, 9.17) is 4.74 Å². The van der Waals surface area contributed by atoms with Crippen LogP contribution in [0.5, 0.6) is 5.88 Å². The molecule has 0 aliphatic rings. The Morgan fingerprint density at radius 1 is 1.40 bits per heavy atom. The Balaban J connectivity index is 2.21. The summed E-state index contributed by atoms with van der Waals surface area (Å²) in [7, 11) is 0. The molecule has 0 fully saturated rings. The van der Waals surface area contributed by atoms with Crippen molar-refractivity contribution >= 4 is 11.3 Å². The fourth-order valence-electron chi connectivity index (χ4n) is 1.18. The second-order valence-corrected chi connectivity index (χ2v) is 4.26. The molecule has 15 heavy (non-hydrogen) atoms. The smallest absolute Gasteiger partial charge is 0.225 e. The topological polar surface area (TPSA) is 35.0 Å². The molecule has 0 saturated carbocycles. The van der Waals surface area contributed by atoms with Crippen LogP contribution in [0.4, 0.5) is 0 Å². The third-order valence-corrected chi connectivity index (χ3v) is 2.62. The van der Waals surface area contributed by atoms with Crippen molar-refractivity contribution in [2.45, 2.75) is 20.0 Å². The first-order valence-corrected chi connectivity index (χ1v) is 5.66. The number of hydrogen-bond acceptors (Lipinski definition) is 4. The zero-order valence-corrected chi connectivity index (χ0v) is 9.49. The van der Waals surface area contributed by atoms with Crippen LogP contribution in [0.15, 0.2) is 29.9 Å². The van der Waals surface area contributed by atoms with E-state index in [0.717, 1.165) is 10.6 Å². The molecule has 78 valence electrons. The van der Waals surface area contributed by atoms with Gasteiger partial charge in [0.2, 0.25) is 5.88 Å². The number of pyridine rings is 1. The van der Waals surface area contributed by atoms with Crippen LogP contribution in [0.2, 0.25) is 0 Å². The van der Waals surface area contributed by atoms with Crippen LogP contribution in [-0.4, -0.2) is 16.1 Å². The van der Waals surface area contributed by atoms with E-state index in [1.165, 1.54) is 0 Å². The molecular formula is C11H12N2OS. The Hall–Kier alpha value is -1.42. The minimum absolute atomic E-state index is 0.161. The highest BCUT2D eigenvalue weighted by Crippen LogP contribution is 2.26. The summed E-state index contributed by atoms with van der Waals surface area (Å²) >= 11 is 1.57. The minimum Gasteiger partial charge on any atom is -0.474 e. The molecule has 0 radical (unpaired) electrons. The SMILES string of the molecule is CC(C)Oc1csc(-c2cccnc2)n1. The van der Waals surface area contributed by atoms with Crippen molar-refractivity contribution in [3.63, 3.8) is 0 Å². The van der Waals surface area contributed by atoms with Crippen molar-refractivity contribution < 1.29 is 4.74 Å². The van der Waals surface area contributed by atoms with Crippen LogP contribution in [0.3, 0.4) is 0 Å². The number of hydrogen-bond donors (Lipinski definition) is 0. The monoisotopic (exact) mass is 220 g/mol. The summed E-state index contributed by atoms with van der Waals surface area (Å²) in [6.45, 7) is 3.98. The molecule has 2 heterocycles. The van der Waals surface area contributed by atoms with Crippen molar-refractivity contribution in [1.82, 2.24) is 9.97 Å². The van der Waals surface area contributed by atoms with Crippen molar-refractivity contribution in [2.24, 2.45) is 0 Å². The number of rotatable bonds is 3. The highest BCUT2D eigenvalue weighted by atomic mass is 32.1. The van der Waals surface area contributed by atoms with Gasteiger partial charge in [0, 0.05) is 18.0 Å². The van der Waals surface area contributed by atoms with E-state index in [2.05, 4.69) is 9.97 Å². The summed E-state index contributed by atoms with van der Waals surface area (Å²) < 4.78 is 5.50. The Bertz CT molecular complexity index is 425. The maximum atomic E-state index is 5.50. The molecule has 0 amide bonds. The quantitative estimate of drug-likeness (QED) is 0.797. The molecule has 0 aliphatic heterocycles. The van der Waals surface area contributed by atoms with Gasteiger partial charge in [0.25, 0.3) is 0 Å². The maximum absolute atomic E-state index is 5.50. The second-order valence-electron chi connectivity index (χ2n) is 3.40. The van der Waals surface area contributed by atoms with Gasteiger partial charge < -0.3 is 4.74 Å². The van der Waals surface area contributed by atoms with Gasteiger partial charge in [0.15, 0.2) is 0 Å². The predicted octanol–water partition coefficient (Wildman–Crippen LogP) is 2.99. The Morgan fingerprint density at radius 2 is 2.27 bits per heavy atom. The maximum Gasteiger partial charge on any atom is 0.225 e. The molecule has 0 bridgehead atoms. The average molecular weight is 220 g/mol. The lowest BCUT2D eigenvalue weighted by atomic mass is 10.3. The molecule has 2 aromatic rings. The van der Waals surface area contributed by atoms with E-state index in [9.17, 15) is 0 Å². The average Bonchev–Trinajstić information content (AvgIpc) is 2.67. The normalized spacial score (nSPS) is 10.6. The van der Waals surface area contributed by atoms with Crippen molar-refractivity contribution in [3.8, 4) is 16.5 Å². The van der Waals surface area contributed by atoms with E-state index in [1.807, 2.05) is 31.4 Å². The molecule has 3 nitrogen and oxygen atoms in total. The Kier molecular flexibility index (Phi) is 2.97. The van der Waals surface area contributed by atoms with Crippen molar-refractivity contribution in [1.29, 1.82) is 0 Å². The lowest BCUT2D eigenvalue weighted by Gasteiger charge is -2.04. The zero-order chi connectivity index (χ0) is 10.7. The highest BCUT2D eigenvalue weighted by molar-refractivity contribution is 7.13. The Morgan fingerprint density at radius 3 is 2.93 bits per heavy atom. The van der Waals surface area contributed by atoms with Crippen LogP contribution in [0, 0.1) is 0 Å². The van der Waals surface area contributed by atoms with Gasteiger partial charge >= 0.3 is 0 Å². The Labute approximate surface area is 92.8 Å². The van der Waals surface area contributed by atoms with Gasteiger partial charge in [0.05, 0.1) is 11.5 Å². The molecule has 0 N–H and O–H groups in total. The first kappa shape index (κ1) is 10.1. The third-order valence-electron chi connectivity index (χ3n) is 1.75. The molecule has 0 aromatic carbocycles. The largest absolute Gasteiger partial charge is 0.474 e. The number of thiazole rings is 1. The van der Waals surface area contributed by atoms with Gasteiger partial charge in [-0.2, -0.15) is 0 Å². The lowest BCUT2D eigenvalue weighted by molar-refractivity contribution is 0.234. The van der Waals surface area contributed by atoms with Gasteiger partial charge in [-0.05, 0) is 26.0 Å². The van der Waals surface area contributed by atoms with Crippen molar-refractivity contribution in [3.05, 3.63) is 29.9 Å². The molecule has 0 unspecified atom stereocenters. The lowest BCUT2D eigenvalue weighted by Crippen LogP contribution is -2.05. The fourth-order valence-corrected chi connectivity index (χ4v) is 1.90. The molecule has 0 saturated heterocycles. The van der Waals surface area contributed by atoms with Gasteiger partial charge in [-0.25, -0.2) is 4.98 Å². The fraction of sp³-hybridized carbons (Fsp3) is 0.273.